The van der Waals surface area contributed by atoms with Gasteiger partial charge < -0.3 is 4.52 Å². The fraction of sp³-hybridized carbons (Fsp3) is 0.125. The minimum absolute atomic E-state index is 0.376. The van der Waals surface area contributed by atoms with Crippen molar-refractivity contribution in [2.75, 3.05) is 6.26 Å². The third-order valence-corrected chi connectivity index (χ3v) is 4.87. The van der Waals surface area contributed by atoms with E-state index in [0.717, 1.165) is 5.56 Å². The Labute approximate surface area is 133 Å². The van der Waals surface area contributed by atoms with Crippen LogP contribution in [0.4, 0.5) is 10.1 Å². The second kappa shape index (κ2) is 5.92. The van der Waals surface area contributed by atoms with Crippen LogP contribution in [-0.4, -0.2) is 20.6 Å². The summed E-state index contributed by atoms with van der Waals surface area (Å²) in [4.78, 5) is 4.63. The van der Waals surface area contributed by atoms with Gasteiger partial charge in [0.15, 0.2) is 0 Å². The molecule has 0 saturated carbocycles. The second-order valence-electron chi connectivity index (χ2n) is 5.04. The monoisotopic (exact) mass is 331 g/mol. The topological polar surface area (TPSA) is 68.3 Å². The zero-order valence-corrected chi connectivity index (χ0v) is 13.4. The minimum atomic E-state index is -2.68. The molecule has 3 rings (SSSR count). The Bertz CT molecular complexity index is 957. The molecule has 7 heteroatoms. The van der Waals surface area contributed by atoms with Crippen LogP contribution in [0.1, 0.15) is 5.89 Å². The van der Waals surface area contributed by atoms with E-state index in [4.69, 9.17) is 4.52 Å². The molecular formula is C16H14FN3O2S. The maximum atomic E-state index is 13.0. The predicted molar refractivity (Wildman–Crippen MR) is 85.3 cm³/mol. The van der Waals surface area contributed by atoms with Crippen LogP contribution in [0.25, 0.3) is 11.4 Å². The molecule has 1 heterocycles. The summed E-state index contributed by atoms with van der Waals surface area (Å²) in [6.07, 6.45) is 1.52. The van der Waals surface area contributed by atoms with Crippen molar-refractivity contribution in [1.29, 1.82) is 0 Å². The molecule has 0 spiro atoms. The molecular weight excluding hydrogens is 317 g/mol. The highest BCUT2D eigenvalue weighted by molar-refractivity contribution is 7.93. The number of aryl methyl sites for hydroxylation is 1. The second-order valence-corrected chi connectivity index (χ2v) is 7.29. The predicted octanol–water partition coefficient (Wildman–Crippen LogP) is 3.97. The van der Waals surface area contributed by atoms with Gasteiger partial charge in [-0.2, -0.15) is 9.35 Å². The highest BCUT2D eigenvalue weighted by atomic mass is 32.2. The molecule has 0 aliphatic rings. The minimum Gasteiger partial charge on any atom is -0.339 e. The Morgan fingerprint density at radius 1 is 1.17 bits per heavy atom. The summed E-state index contributed by atoms with van der Waals surface area (Å²) in [5, 5.41) is 3.85. The molecule has 3 aromatic rings. The van der Waals surface area contributed by atoms with Gasteiger partial charge in [0.05, 0.1) is 15.4 Å². The zero-order valence-electron chi connectivity index (χ0n) is 12.6. The van der Waals surface area contributed by atoms with Crippen molar-refractivity contribution in [3.8, 4) is 11.4 Å². The number of hydrogen-bond acceptors (Lipinski definition) is 5. The molecule has 0 bridgehead atoms. The average molecular weight is 331 g/mol. The van der Waals surface area contributed by atoms with E-state index in [2.05, 4.69) is 14.5 Å². The molecule has 0 amide bonds. The lowest BCUT2D eigenvalue weighted by Crippen LogP contribution is -1.96. The Hall–Kier alpha value is -2.54. The molecule has 0 saturated heterocycles. The standard InChI is InChI=1S/C16H14FN3O2S/c1-11-18-16(19-22-11)12-4-3-5-14(10-12)20-23(2,21)15-8-6-13(17)7-9-15/h3-10H,1-2H3. The van der Waals surface area contributed by atoms with Crippen molar-refractivity contribution in [2.45, 2.75) is 11.8 Å². The Morgan fingerprint density at radius 3 is 2.57 bits per heavy atom. The molecule has 1 aromatic heterocycles. The molecule has 118 valence electrons. The third kappa shape index (κ3) is 3.45. The Balaban J connectivity index is 2.01. The van der Waals surface area contributed by atoms with Crippen LogP contribution >= 0.6 is 0 Å². The molecule has 5 nitrogen and oxygen atoms in total. The van der Waals surface area contributed by atoms with Crippen LogP contribution in [0.15, 0.2) is 62.3 Å². The molecule has 0 aliphatic heterocycles. The first-order valence-corrected chi connectivity index (χ1v) is 8.75. The van der Waals surface area contributed by atoms with Crippen LogP contribution in [0.2, 0.25) is 0 Å². The normalized spacial score (nSPS) is 13.5. The first-order valence-electron chi connectivity index (χ1n) is 6.82. The number of benzene rings is 2. The summed E-state index contributed by atoms with van der Waals surface area (Å²) in [5.41, 5.74) is 1.25. The van der Waals surface area contributed by atoms with E-state index >= 15 is 0 Å². The summed E-state index contributed by atoms with van der Waals surface area (Å²) >= 11 is 0. The van der Waals surface area contributed by atoms with E-state index in [1.807, 2.05) is 6.07 Å². The maximum Gasteiger partial charge on any atom is 0.223 e. The first kappa shape index (κ1) is 15.4. The molecule has 2 aromatic carbocycles. The van der Waals surface area contributed by atoms with Gasteiger partial charge >= 0.3 is 0 Å². The summed E-state index contributed by atoms with van der Waals surface area (Å²) in [6.45, 7) is 1.71. The van der Waals surface area contributed by atoms with Gasteiger partial charge in [0, 0.05) is 23.6 Å². The summed E-state index contributed by atoms with van der Waals surface area (Å²) in [7, 11) is -2.68. The number of nitrogens with zero attached hydrogens (tertiary/aromatic N) is 3. The lowest BCUT2D eigenvalue weighted by Gasteiger charge is -2.05. The largest absolute Gasteiger partial charge is 0.339 e. The molecule has 0 N–H and O–H groups in total. The van der Waals surface area contributed by atoms with Crippen molar-refractivity contribution in [1.82, 2.24) is 10.1 Å². The van der Waals surface area contributed by atoms with E-state index < -0.39 is 9.73 Å². The SMILES string of the molecule is Cc1nc(-c2cccc(N=S(C)(=O)c3ccc(F)cc3)c2)no1. The Kier molecular flexibility index (Phi) is 3.96. The zero-order chi connectivity index (χ0) is 16.4. The van der Waals surface area contributed by atoms with Crippen LogP contribution in [0.5, 0.6) is 0 Å². The van der Waals surface area contributed by atoms with Crippen LogP contribution in [-0.2, 0) is 9.73 Å². The molecule has 1 atom stereocenters. The molecule has 0 aliphatic carbocycles. The number of halogens is 1. The summed E-state index contributed by atoms with van der Waals surface area (Å²) < 4.78 is 35.0. The summed E-state index contributed by atoms with van der Waals surface area (Å²) in [6, 6.07) is 12.6. The molecule has 0 radical (unpaired) electrons. The average Bonchev–Trinajstić information content (AvgIpc) is 2.94. The maximum absolute atomic E-state index is 13.0. The lowest BCUT2D eigenvalue weighted by molar-refractivity contribution is 0.394. The fourth-order valence-corrected chi connectivity index (χ4v) is 3.32. The number of rotatable bonds is 3. The fourth-order valence-electron chi connectivity index (χ4n) is 2.06. The van der Waals surface area contributed by atoms with E-state index in [0.29, 0.717) is 22.3 Å². The van der Waals surface area contributed by atoms with Gasteiger partial charge in [0.25, 0.3) is 0 Å². The van der Waals surface area contributed by atoms with Crippen molar-refractivity contribution < 1.29 is 13.1 Å². The van der Waals surface area contributed by atoms with E-state index in [1.165, 1.54) is 30.5 Å². The Morgan fingerprint density at radius 2 is 1.91 bits per heavy atom. The van der Waals surface area contributed by atoms with Gasteiger partial charge in [-0.15, -0.1) is 0 Å². The van der Waals surface area contributed by atoms with E-state index in [1.54, 1.807) is 25.1 Å². The highest BCUT2D eigenvalue weighted by Gasteiger charge is 2.09. The number of hydrogen-bond donors (Lipinski definition) is 0. The smallest absolute Gasteiger partial charge is 0.223 e. The quantitative estimate of drug-likeness (QED) is 0.728. The van der Waals surface area contributed by atoms with Gasteiger partial charge in [0.2, 0.25) is 11.7 Å². The lowest BCUT2D eigenvalue weighted by atomic mass is 10.2. The van der Waals surface area contributed by atoms with Crippen LogP contribution in [0, 0.1) is 12.7 Å². The van der Waals surface area contributed by atoms with Gasteiger partial charge in [0.1, 0.15) is 5.82 Å². The van der Waals surface area contributed by atoms with Gasteiger partial charge in [-0.3, -0.25) is 0 Å². The van der Waals surface area contributed by atoms with E-state index in [-0.39, 0.29) is 5.82 Å². The van der Waals surface area contributed by atoms with Crippen molar-refractivity contribution in [2.24, 2.45) is 4.36 Å². The van der Waals surface area contributed by atoms with Gasteiger partial charge in [-0.05, 0) is 36.4 Å². The molecule has 1 unspecified atom stereocenters. The van der Waals surface area contributed by atoms with Crippen LogP contribution in [0.3, 0.4) is 0 Å². The van der Waals surface area contributed by atoms with E-state index in [9.17, 15) is 8.60 Å². The number of aromatic nitrogens is 2. The van der Waals surface area contributed by atoms with Gasteiger partial charge in [-0.1, -0.05) is 17.3 Å². The molecule has 0 fully saturated rings. The van der Waals surface area contributed by atoms with Crippen molar-refractivity contribution in [3.63, 3.8) is 0 Å². The van der Waals surface area contributed by atoms with Crippen molar-refractivity contribution in [3.05, 3.63) is 60.2 Å². The third-order valence-electron chi connectivity index (χ3n) is 3.16. The van der Waals surface area contributed by atoms with Crippen molar-refractivity contribution >= 4 is 15.4 Å². The summed E-state index contributed by atoms with van der Waals surface area (Å²) in [5.74, 6) is 0.537. The first-order chi connectivity index (χ1) is 10.9. The molecule has 23 heavy (non-hydrogen) atoms. The van der Waals surface area contributed by atoms with Gasteiger partial charge in [-0.25, -0.2) is 8.60 Å². The highest BCUT2D eigenvalue weighted by Crippen LogP contribution is 2.25. The van der Waals surface area contributed by atoms with Crippen LogP contribution < -0.4 is 0 Å².